The van der Waals surface area contributed by atoms with Gasteiger partial charge in [0, 0.05) is 18.4 Å². The van der Waals surface area contributed by atoms with Crippen molar-refractivity contribution >= 4 is 24.3 Å². The topological polar surface area (TPSA) is 97.1 Å². The van der Waals surface area contributed by atoms with Gasteiger partial charge in [0.15, 0.2) is 12.8 Å². The second-order valence-electron chi connectivity index (χ2n) is 8.99. The van der Waals surface area contributed by atoms with Crippen LogP contribution in [-0.2, 0) is 4.79 Å². The summed E-state index contributed by atoms with van der Waals surface area (Å²) in [7, 11) is 0. The molecule has 6 heteroatoms. The molecule has 1 aliphatic rings. The molecule has 0 aromatic heterocycles. The van der Waals surface area contributed by atoms with Gasteiger partial charge in [-0.05, 0) is 47.7 Å². The SMILES string of the molecule is Cc1cc(C=[N+]2CCCC[C@H]2C(=O)O)c(OCC#N)cc1/C=C/c1cccc(-c2ccccc2)c1C#N. The van der Waals surface area contributed by atoms with Crippen molar-refractivity contribution in [3.8, 4) is 29.0 Å². The van der Waals surface area contributed by atoms with E-state index in [0.717, 1.165) is 46.2 Å². The normalized spacial score (nSPS) is 16.3. The molecule has 6 nitrogen and oxygen atoms in total. The highest BCUT2D eigenvalue weighted by atomic mass is 16.5. The fraction of sp³-hybridized carbons (Fsp3) is 0.226. The van der Waals surface area contributed by atoms with Gasteiger partial charge in [0.1, 0.15) is 24.4 Å². The lowest BCUT2D eigenvalue weighted by Crippen LogP contribution is -2.38. The van der Waals surface area contributed by atoms with Gasteiger partial charge in [0.25, 0.3) is 0 Å². The molecule has 0 aliphatic carbocycles. The predicted octanol–water partition coefficient (Wildman–Crippen LogP) is 5.67. The predicted molar refractivity (Wildman–Crippen MR) is 143 cm³/mol. The van der Waals surface area contributed by atoms with Crippen molar-refractivity contribution in [2.75, 3.05) is 13.2 Å². The molecule has 184 valence electrons. The molecule has 1 saturated heterocycles. The molecule has 4 rings (SSSR count). The van der Waals surface area contributed by atoms with Crippen LogP contribution < -0.4 is 4.74 Å². The summed E-state index contributed by atoms with van der Waals surface area (Å²) in [5, 5.41) is 28.7. The van der Waals surface area contributed by atoms with E-state index in [1.807, 2.05) is 96.6 Å². The number of aliphatic carboxylic acids is 1. The van der Waals surface area contributed by atoms with E-state index in [1.54, 1.807) is 0 Å². The molecule has 1 heterocycles. The first-order valence-electron chi connectivity index (χ1n) is 12.3. The zero-order valence-corrected chi connectivity index (χ0v) is 20.7. The number of hydrogen-bond donors (Lipinski definition) is 1. The zero-order chi connectivity index (χ0) is 26.2. The van der Waals surface area contributed by atoms with E-state index in [9.17, 15) is 15.2 Å². The van der Waals surface area contributed by atoms with Crippen LogP contribution in [0.25, 0.3) is 23.3 Å². The van der Waals surface area contributed by atoms with Gasteiger partial charge in [-0.15, -0.1) is 0 Å². The average Bonchev–Trinajstić information content (AvgIpc) is 2.92. The Morgan fingerprint density at radius 1 is 1.05 bits per heavy atom. The van der Waals surface area contributed by atoms with Crippen LogP contribution in [0.15, 0.2) is 60.7 Å². The third-order valence-electron chi connectivity index (χ3n) is 6.56. The number of hydrogen-bond acceptors (Lipinski definition) is 4. The molecule has 0 saturated carbocycles. The van der Waals surface area contributed by atoms with Crippen LogP contribution >= 0.6 is 0 Å². The van der Waals surface area contributed by atoms with Gasteiger partial charge in [-0.1, -0.05) is 60.7 Å². The van der Waals surface area contributed by atoms with Crippen LogP contribution in [0.3, 0.4) is 0 Å². The smallest absolute Gasteiger partial charge is 0.372 e. The molecule has 0 amide bonds. The van der Waals surface area contributed by atoms with Gasteiger partial charge in [-0.2, -0.15) is 10.5 Å². The zero-order valence-electron chi connectivity index (χ0n) is 20.7. The monoisotopic (exact) mass is 490 g/mol. The molecule has 1 atom stereocenters. The van der Waals surface area contributed by atoms with E-state index in [2.05, 4.69) is 6.07 Å². The number of benzene rings is 3. The molecule has 0 spiro atoms. The summed E-state index contributed by atoms with van der Waals surface area (Å²) in [6, 6.07) is 23.2. The lowest BCUT2D eigenvalue weighted by atomic mass is 9.95. The van der Waals surface area contributed by atoms with Crippen LogP contribution in [0.5, 0.6) is 5.75 Å². The van der Waals surface area contributed by atoms with Crippen LogP contribution in [0.2, 0.25) is 0 Å². The van der Waals surface area contributed by atoms with Gasteiger partial charge in [-0.25, -0.2) is 9.37 Å². The summed E-state index contributed by atoms with van der Waals surface area (Å²) in [6.45, 7) is 2.51. The molecule has 3 aromatic carbocycles. The Balaban J connectivity index is 1.72. The standard InChI is InChI=1S/C31H27N3O3/c1-22-18-26(21-34-16-6-5-12-29(34)31(35)36)30(37-17-15-32)19-25(22)14-13-24-10-7-11-27(28(24)20-33)23-8-3-2-4-9-23/h2-4,7-11,13-14,18-19,21,29H,5-6,12,16-17H2,1H3/p+1/b14-13+,34-21?/t29-/m0/s1. The molecule has 0 radical (unpaired) electrons. The van der Waals surface area contributed by atoms with Crippen molar-refractivity contribution < 1.29 is 19.2 Å². The number of aryl methyl sites for hydroxylation is 1. The van der Waals surface area contributed by atoms with Gasteiger partial charge in [0.05, 0.1) is 11.1 Å². The first kappa shape index (κ1) is 25.4. The van der Waals surface area contributed by atoms with E-state index in [-0.39, 0.29) is 6.61 Å². The lowest BCUT2D eigenvalue weighted by molar-refractivity contribution is -0.560. The molecule has 37 heavy (non-hydrogen) atoms. The van der Waals surface area contributed by atoms with Gasteiger partial charge < -0.3 is 9.84 Å². The Labute approximate surface area is 217 Å². The summed E-state index contributed by atoms with van der Waals surface area (Å²) >= 11 is 0. The highest BCUT2D eigenvalue weighted by molar-refractivity contribution is 5.85. The van der Waals surface area contributed by atoms with E-state index < -0.39 is 12.0 Å². The Morgan fingerprint density at radius 3 is 2.57 bits per heavy atom. The van der Waals surface area contributed by atoms with Gasteiger partial charge in [0.2, 0.25) is 6.04 Å². The quantitative estimate of drug-likeness (QED) is 0.340. The molecule has 1 fully saturated rings. The maximum absolute atomic E-state index is 11.8. The van der Waals surface area contributed by atoms with E-state index >= 15 is 0 Å². The van der Waals surface area contributed by atoms with E-state index in [4.69, 9.17) is 10.00 Å². The summed E-state index contributed by atoms with van der Waals surface area (Å²) in [4.78, 5) is 11.8. The van der Waals surface area contributed by atoms with Crippen LogP contribution in [-0.4, -0.2) is 41.1 Å². The molecule has 0 unspecified atom stereocenters. The molecule has 1 N–H and O–H groups in total. The summed E-state index contributed by atoms with van der Waals surface area (Å²) in [5.74, 6) is -0.321. The number of rotatable bonds is 7. The largest absolute Gasteiger partial charge is 0.478 e. The number of nitrogens with zero attached hydrogens (tertiary/aromatic N) is 3. The van der Waals surface area contributed by atoms with Crippen molar-refractivity contribution in [2.45, 2.75) is 32.2 Å². The van der Waals surface area contributed by atoms with Gasteiger partial charge in [-0.3, -0.25) is 0 Å². The van der Waals surface area contributed by atoms with E-state index in [0.29, 0.717) is 24.3 Å². The van der Waals surface area contributed by atoms with Crippen LogP contribution in [0, 0.1) is 29.6 Å². The van der Waals surface area contributed by atoms with Crippen molar-refractivity contribution in [3.63, 3.8) is 0 Å². The van der Waals surface area contributed by atoms with Crippen LogP contribution in [0.4, 0.5) is 0 Å². The molecular formula is C31H28N3O3+. The fourth-order valence-electron chi connectivity index (χ4n) is 4.67. The Bertz CT molecular complexity index is 1440. The minimum atomic E-state index is -0.835. The van der Waals surface area contributed by atoms with Gasteiger partial charge >= 0.3 is 5.97 Å². The lowest BCUT2D eigenvalue weighted by Gasteiger charge is -2.18. The summed E-state index contributed by atoms with van der Waals surface area (Å²) in [6.07, 6.45) is 8.10. The number of piperidine rings is 1. The maximum Gasteiger partial charge on any atom is 0.372 e. The minimum Gasteiger partial charge on any atom is -0.478 e. The number of carboxylic acids is 1. The number of carboxylic acid groups (broad SMARTS) is 1. The highest BCUT2D eigenvalue weighted by Crippen LogP contribution is 2.29. The Hall–Kier alpha value is -4.68. The van der Waals surface area contributed by atoms with Crippen molar-refractivity contribution in [3.05, 3.63) is 88.5 Å². The number of nitriles is 2. The molecule has 1 aliphatic heterocycles. The Kier molecular flexibility index (Phi) is 8.13. The highest BCUT2D eigenvalue weighted by Gasteiger charge is 2.32. The number of ether oxygens (including phenoxy) is 1. The third kappa shape index (κ3) is 5.94. The summed E-state index contributed by atoms with van der Waals surface area (Å²) < 4.78 is 7.59. The van der Waals surface area contributed by atoms with Crippen molar-refractivity contribution in [2.24, 2.45) is 0 Å². The second-order valence-corrected chi connectivity index (χ2v) is 8.99. The van der Waals surface area contributed by atoms with Crippen molar-refractivity contribution in [1.29, 1.82) is 10.5 Å². The average molecular weight is 491 g/mol. The van der Waals surface area contributed by atoms with Crippen LogP contribution in [0.1, 0.15) is 47.1 Å². The molecule has 3 aromatic rings. The van der Waals surface area contributed by atoms with E-state index in [1.165, 1.54) is 0 Å². The first-order chi connectivity index (χ1) is 18.0. The first-order valence-corrected chi connectivity index (χ1v) is 12.3. The third-order valence-corrected chi connectivity index (χ3v) is 6.56. The van der Waals surface area contributed by atoms with Crippen molar-refractivity contribution in [1.82, 2.24) is 0 Å². The second kappa shape index (κ2) is 11.8. The number of carbonyl (C=O) groups is 1. The fourth-order valence-corrected chi connectivity index (χ4v) is 4.67. The Morgan fingerprint density at radius 2 is 1.84 bits per heavy atom. The summed E-state index contributed by atoms with van der Waals surface area (Å²) in [5.41, 5.74) is 5.84. The minimum absolute atomic E-state index is 0.118. The maximum atomic E-state index is 11.8. The molecular weight excluding hydrogens is 462 g/mol. The molecule has 0 bridgehead atoms.